The van der Waals surface area contributed by atoms with Crippen LogP contribution in [0.3, 0.4) is 0 Å². The van der Waals surface area contributed by atoms with Crippen LogP contribution in [0.4, 0.5) is 0 Å². The van der Waals surface area contributed by atoms with Gasteiger partial charge in [-0.3, -0.25) is 9.00 Å². The molecule has 0 aromatic heterocycles. The molecule has 2 atom stereocenters. The van der Waals surface area contributed by atoms with E-state index in [0.29, 0.717) is 4.90 Å². The topological polar surface area (TPSA) is 72.5 Å². The van der Waals surface area contributed by atoms with E-state index in [2.05, 4.69) is 5.32 Å². The van der Waals surface area contributed by atoms with Crippen molar-refractivity contribution in [3.63, 3.8) is 0 Å². The fraction of sp³-hybridized carbons (Fsp3) is 0.188. The quantitative estimate of drug-likeness (QED) is 0.214. The summed E-state index contributed by atoms with van der Waals surface area (Å²) in [6.07, 6.45) is 0.259. The Kier molecular flexibility index (Phi) is 9.22. The van der Waals surface area contributed by atoms with Gasteiger partial charge in [0.15, 0.2) is 0 Å². The first-order valence-electron chi connectivity index (χ1n) is 12.5. The highest BCUT2D eigenvalue weighted by Crippen LogP contribution is 2.42. The lowest BCUT2D eigenvalue weighted by Gasteiger charge is -2.36. The fourth-order valence-corrected chi connectivity index (χ4v) is 5.91. The van der Waals surface area contributed by atoms with Gasteiger partial charge in [0.25, 0.3) is 0 Å². The van der Waals surface area contributed by atoms with E-state index in [4.69, 9.17) is 4.74 Å². The molecule has 0 bridgehead atoms. The van der Waals surface area contributed by atoms with Crippen molar-refractivity contribution in [3.8, 4) is 0 Å². The Morgan fingerprint density at radius 2 is 1.16 bits per heavy atom. The van der Waals surface area contributed by atoms with Crippen molar-refractivity contribution in [2.45, 2.75) is 29.2 Å². The van der Waals surface area contributed by atoms with Crippen molar-refractivity contribution in [1.29, 1.82) is 0 Å². The number of amides is 1. The fourth-order valence-electron chi connectivity index (χ4n) is 4.77. The lowest BCUT2D eigenvalue weighted by Crippen LogP contribution is -2.45. The molecule has 4 aromatic rings. The number of rotatable bonds is 11. The zero-order valence-corrected chi connectivity index (χ0v) is 22.1. The van der Waals surface area contributed by atoms with Gasteiger partial charge >= 0.3 is 5.97 Å². The highest BCUT2D eigenvalue weighted by Gasteiger charge is 2.39. The molecule has 0 spiro atoms. The van der Waals surface area contributed by atoms with Crippen LogP contribution in [0.15, 0.2) is 126 Å². The van der Waals surface area contributed by atoms with Crippen LogP contribution in [0.5, 0.6) is 0 Å². The van der Waals surface area contributed by atoms with Crippen LogP contribution in [0.1, 0.15) is 29.5 Å². The van der Waals surface area contributed by atoms with Gasteiger partial charge in [-0.15, -0.1) is 0 Å². The minimum atomic E-state index is -1.30. The van der Waals surface area contributed by atoms with Gasteiger partial charge in [-0.2, -0.15) is 0 Å². The minimum absolute atomic E-state index is 0.0698. The molecular weight excluding hydrogens is 494 g/mol. The van der Waals surface area contributed by atoms with Crippen LogP contribution < -0.4 is 5.32 Å². The number of hydrogen-bond donors (Lipinski definition) is 1. The largest absolute Gasteiger partial charge is 0.467 e. The molecule has 1 amide bonds. The van der Waals surface area contributed by atoms with Crippen LogP contribution in [0, 0.1) is 0 Å². The molecule has 1 N–H and O–H groups in total. The Bertz CT molecular complexity index is 1250. The first-order valence-corrected chi connectivity index (χ1v) is 13.8. The summed E-state index contributed by atoms with van der Waals surface area (Å²) in [5.74, 6) is -0.652. The second-order valence-electron chi connectivity index (χ2n) is 8.97. The maximum atomic E-state index is 13.7. The van der Waals surface area contributed by atoms with Crippen LogP contribution in [0.2, 0.25) is 0 Å². The molecular formula is C32H31NO4S. The van der Waals surface area contributed by atoms with Crippen molar-refractivity contribution < 1.29 is 18.5 Å². The first-order chi connectivity index (χ1) is 18.5. The van der Waals surface area contributed by atoms with E-state index in [9.17, 15) is 13.8 Å². The van der Waals surface area contributed by atoms with Crippen LogP contribution in [-0.2, 0) is 30.5 Å². The summed E-state index contributed by atoms with van der Waals surface area (Å²) < 4.78 is 17.8. The number of nitrogens with one attached hydrogen (secondary N) is 1. The van der Waals surface area contributed by atoms with Gasteiger partial charge in [0, 0.05) is 17.1 Å². The third kappa shape index (κ3) is 6.26. The summed E-state index contributed by atoms with van der Waals surface area (Å²) >= 11 is 0. The lowest BCUT2D eigenvalue weighted by atomic mass is 9.67. The highest BCUT2D eigenvalue weighted by atomic mass is 32.2. The summed E-state index contributed by atoms with van der Waals surface area (Å²) in [6.45, 7) is 0. The average Bonchev–Trinajstić information content (AvgIpc) is 2.99. The summed E-state index contributed by atoms with van der Waals surface area (Å²) in [6, 6.07) is 37.9. The molecule has 5 nitrogen and oxygen atoms in total. The summed E-state index contributed by atoms with van der Waals surface area (Å²) in [5.41, 5.74) is 2.11. The van der Waals surface area contributed by atoms with Crippen molar-refractivity contribution in [1.82, 2.24) is 5.32 Å². The Balaban J connectivity index is 1.65. The van der Waals surface area contributed by atoms with E-state index >= 15 is 0 Å². The van der Waals surface area contributed by atoms with Gasteiger partial charge in [-0.05, 0) is 35.2 Å². The lowest BCUT2D eigenvalue weighted by molar-refractivity contribution is -0.145. The van der Waals surface area contributed by atoms with E-state index in [1.54, 1.807) is 12.1 Å². The zero-order valence-electron chi connectivity index (χ0n) is 21.3. The zero-order chi connectivity index (χ0) is 26.8. The van der Waals surface area contributed by atoms with E-state index in [1.165, 1.54) is 7.11 Å². The Morgan fingerprint density at radius 3 is 1.58 bits per heavy atom. The van der Waals surface area contributed by atoms with Gasteiger partial charge in [-0.25, -0.2) is 4.79 Å². The molecule has 6 heteroatoms. The molecule has 0 aliphatic carbocycles. The van der Waals surface area contributed by atoms with Gasteiger partial charge in [-0.1, -0.05) is 109 Å². The summed E-state index contributed by atoms with van der Waals surface area (Å²) in [4.78, 5) is 27.0. The molecule has 0 unspecified atom stereocenters. The number of benzene rings is 4. The molecule has 0 aliphatic heterocycles. The number of carbonyl (C=O) groups excluding carboxylic acids is 2. The van der Waals surface area contributed by atoms with Crippen LogP contribution >= 0.6 is 0 Å². The van der Waals surface area contributed by atoms with E-state index in [-0.39, 0.29) is 24.5 Å². The molecule has 4 aromatic carbocycles. The molecule has 0 fully saturated rings. The monoisotopic (exact) mass is 525 g/mol. The number of ether oxygens (including phenoxy) is 1. The van der Waals surface area contributed by atoms with Crippen LogP contribution in [-0.4, -0.2) is 35.0 Å². The predicted octanol–water partition coefficient (Wildman–Crippen LogP) is 5.27. The standard InChI is InChI=1S/C32H31NO4S/c1-37-31(35)29(22-23-38(36)28-20-12-5-13-21-28)33-30(34)24-32(25-14-6-2-7-15-25,26-16-8-3-9-17-26)27-18-10-4-11-19-27/h2-21,29H,22-24H2,1H3,(H,33,34)/t29-,38-/m0/s1. The van der Waals surface area contributed by atoms with Crippen molar-refractivity contribution in [2.24, 2.45) is 0 Å². The normalized spacial score (nSPS) is 12.8. The second-order valence-corrected chi connectivity index (χ2v) is 10.5. The van der Waals surface area contributed by atoms with Crippen molar-refractivity contribution >= 4 is 22.7 Å². The summed E-state index contributed by atoms with van der Waals surface area (Å²) in [7, 11) is -0.0150. The van der Waals surface area contributed by atoms with E-state index in [0.717, 1.165) is 16.7 Å². The van der Waals surface area contributed by atoms with Gasteiger partial charge < -0.3 is 10.1 Å². The molecule has 194 valence electrons. The number of hydrogen-bond acceptors (Lipinski definition) is 4. The Hall–Kier alpha value is -4.03. The van der Waals surface area contributed by atoms with Crippen molar-refractivity contribution in [2.75, 3.05) is 12.9 Å². The van der Waals surface area contributed by atoms with E-state index < -0.39 is 28.2 Å². The third-order valence-corrected chi connectivity index (χ3v) is 8.05. The van der Waals surface area contributed by atoms with Gasteiger partial charge in [0.05, 0.1) is 23.3 Å². The maximum Gasteiger partial charge on any atom is 0.328 e. The predicted molar refractivity (Wildman–Crippen MR) is 150 cm³/mol. The van der Waals surface area contributed by atoms with E-state index in [1.807, 2.05) is 109 Å². The molecule has 0 heterocycles. The molecule has 0 saturated carbocycles. The maximum absolute atomic E-state index is 13.7. The second kappa shape index (κ2) is 13.0. The summed E-state index contributed by atoms with van der Waals surface area (Å²) in [5, 5.41) is 2.89. The molecule has 4 rings (SSSR count). The molecule has 0 saturated heterocycles. The van der Waals surface area contributed by atoms with Crippen molar-refractivity contribution in [3.05, 3.63) is 138 Å². The Labute approximate surface area is 226 Å². The average molecular weight is 526 g/mol. The first kappa shape index (κ1) is 27.0. The highest BCUT2D eigenvalue weighted by molar-refractivity contribution is 7.85. The Morgan fingerprint density at radius 1 is 0.737 bits per heavy atom. The SMILES string of the molecule is COC(=O)[C@H](CC[S@](=O)c1ccccc1)NC(=O)CC(c1ccccc1)(c1ccccc1)c1ccccc1. The van der Waals surface area contributed by atoms with Crippen LogP contribution in [0.25, 0.3) is 0 Å². The molecule has 0 radical (unpaired) electrons. The smallest absolute Gasteiger partial charge is 0.328 e. The van der Waals surface area contributed by atoms with Gasteiger partial charge in [0.2, 0.25) is 5.91 Å². The van der Waals surface area contributed by atoms with Gasteiger partial charge in [0.1, 0.15) is 6.04 Å². The minimum Gasteiger partial charge on any atom is -0.467 e. The number of carbonyl (C=O) groups is 2. The number of methoxy groups -OCH3 is 1. The number of esters is 1. The third-order valence-electron chi connectivity index (χ3n) is 6.64. The molecule has 38 heavy (non-hydrogen) atoms. The molecule has 0 aliphatic rings.